The summed E-state index contributed by atoms with van der Waals surface area (Å²) < 4.78 is 53.0. The van der Waals surface area contributed by atoms with Gasteiger partial charge in [0, 0.05) is 36.8 Å². The third kappa shape index (κ3) is 5.45. The lowest BCUT2D eigenvalue weighted by Crippen LogP contribution is -2.51. The van der Waals surface area contributed by atoms with Crippen molar-refractivity contribution in [3.05, 3.63) is 66.7 Å². The Kier molecular flexibility index (Phi) is 7.16. The zero-order valence-corrected chi connectivity index (χ0v) is 19.3. The van der Waals surface area contributed by atoms with E-state index in [0.29, 0.717) is 22.3 Å². The molecule has 1 aliphatic heterocycles. The van der Waals surface area contributed by atoms with E-state index in [-0.39, 0.29) is 43.5 Å². The first kappa shape index (κ1) is 23.5. The van der Waals surface area contributed by atoms with Gasteiger partial charge in [0.05, 0.1) is 11.4 Å². The molecule has 0 aromatic heterocycles. The smallest absolute Gasteiger partial charge is 0.288 e. The summed E-state index contributed by atoms with van der Waals surface area (Å²) >= 11 is 0.420. The van der Waals surface area contributed by atoms with Gasteiger partial charge in [0.2, 0.25) is 15.9 Å². The van der Waals surface area contributed by atoms with E-state index in [2.05, 4.69) is 5.32 Å². The molecule has 10 heteroatoms. The van der Waals surface area contributed by atoms with Gasteiger partial charge in [0.1, 0.15) is 0 Å². The molecular weight excluding hydrogens is 468 g/mol. The summed E-state index contributed by atoms with van der Waals surface area (Å²) in [6.45, 7) is 0.858. The highest BCUT2D eigenvalue weighted by molar-refractivity contribution is 7.99. The molecule has 0 atom stereocenters. The Bertz CT molecular complexity index is 1250. The quantitative estimate of drug-likeness (QED) is 0.504. The fraction of sp³-hybridized carbons (Fsp3) is 0.261. The molecule has 3 aromatic carbocycles. The number of carbonyl (C=O) groups excluding carboxylic acids is 1. The van der Waals surface area contributed by atoms with E-state index in [1.54, 1.807) is 47.4 Å². The van der Waals surface area contributed by atoms with Gasteiger partial charge in [-0.1, -0.05) is 54.2 Å². The molecule has 174 valence electrons. The molecule has 0 radical (unpaired) electrons. The summed E-state index contributed by atoms with van der Waals surface area (Å²) in [5, 5.41) is 4.74. The normalized spacial score (nSPS) is 15.2. The SMILES string of the molecule is O=C(CNc1ccccc1SC(F)F)N1CCN(S(=O)(=O)c2ccc3ccccc3c2)CC1. The number of nitrogens with one attached hydrogen (secondary N) is 1. The van der Waals surface area contributed by atoms with Crippen molar-refractivity contribution in [2.24, 2.45) is 0 Å². The molecule has 6 nitrogen and oxygen atoms in total. The molecule has 0 spiro atoms. The van der Waals surface area contributed by atoms with E-state index in [1.165, 1.54) is 4.31 Å². The number of halogens is 2. The molecule has 1 N–H and O–H groups in total. The average Bonchev–Trinajstić information content (AvgIpc) is 2.82. The summed E-state index contributed by atoms with van der Waals surface area (Å²) in [5.74, 6) is -2.77. The maximum atomic E-state index is 13.1. The van der Waals surface area contributed by atoms with Gasteiger partial charge in [-0.25, -0.2) is 8.42 Å². The number of alkyl halides is 2. The number of thioether (sulfide) groups is 1. The minimum Gasteiger partial charge on any atom is -0.375 e. The Morgan fingerprint density at radius 1 is 0.939 bits per heavy atom. The van der Waals surface area contributed by atoms with Crippen LogP contribution in [0.1, 0.15) is 0 Å². The summed E-state index contributed by atoms with van der Waals surface area (Å²) in [7, 11) is -3.67. The number of para-hydroxylation sites is 1. The maximum Gasteiger partial charge on any atom is 0.288 e. The lowest BCUT2D eigenvalue weighted by Gasteiger charge is -2.34. The van der Waals surface area contributed by atoms with Crippen molar-refractivity contribution in [1.29, 1.82) is 0 Å². The standard InChI is InChI=1S/C23H23F2N3O3S2/c24-23(25)32-21-8-4-3-7-20(21)26-16-22(29)27-11-13-28(14-12-27)33(30,31)19-10-9-17-5-1-2-6-18(17)15-19/h1-10,15,23,26H,11-14,16H2. The number of hydrogen-bond donors (Lipinski definition) is 1. The number of benzene rings is 3. The third-order valence-corrected chi connectivity index (χ3v) is 8.17. The predicted molar refractivity (Wildman–Crippen MR) is 126 cm³/mol. The Morgan fingerprint density at radius 3 is 2.33 bits per heavy atom. The van der Waals surface area contributed by atoms with E-state index >= 15 is 0 Å². The highest BCUT2D eigenvalue weighted by Gasteiger charge is 2.30. The highest BCUT2D eigenvalue weighted by atomic mass is 32.2. The number of rotatable bonds is 7. The van der Waals surface area contributed by atoms with Crippen LogP contribution in [-0.2, 0) is 14.8 Å². The monoisotopic (exact) mass is 491 g/mol. The molecule has 0 unspecified atom stereocenters. The second-order valence-electron chi connectivity index (χ2n) is 7.52. The minimum absolute atomic E-state index is 0.0573. The zero-order valence-electron chi connectivity index (χ0n) is 17.7. The van der Waals surface area contributed by atoms with Crippen molar-refractivity contribution in [2.75, 3.05) is 38.0 Å². The van der Waals surface area contributed by atoms with Crippen LogP contribution in [0.4, 0.5) is 14.5 Å². The highest BCUT2D eigenvalue weighted by Crippen LogP contribution is 2.31. The van der Waals surface area contributed by atoms with Crippen LogP contribution in [0.3, 0.4) is 0 Å². The van der Waals surface area contributed by atoms with E-state index in [1.807, 2.05) is 24.3 Å². The number of carbonyl (C=O) groups is 1. The molecule has 1 aliphatic rings. The molecular formula is C23H23F2N3O3S2. The van der Waals surface area contributed by atoms with Crippen LogP contribution in [0.2, 0.25) is 0 Å². The Balaban J connectivity index is 1.36. The molecule has 0 bridgehead atoms. The molecule has 33 heavy (non-hydrogen) atoms. The molecule has 0 aliphatic carbocycles. The van der Waals surface area contributed by atoms with Crippen molar-refractivity contribution >= 4 is 44.2 Å². The lowest BCUT2D eigenvalue weighted by molar-refractivity contribution is -0.130. The average molecular weight is 492 g/mol. The van der Waals surface area contributed by atoms with Crippen molar-refractivity contribution in [3.8, 4) is 0 Å². The van der Waals surface area contributed by atoms with Crippen LogP contribution >= 0.6 is 11.8 Å². The van der Waals surface area contributed by atoms with Crippen molar-refractivity contribution in [3.63, 3.8) is 0 Å². The zero-order chi connectivity index (χ0) is 23.4. The largest absolute Gasteiger partial charge is 0.375 e. The minimum atomic E-state index is -3.67. The first-order valence-corrected chi connectivity index (χ1v) is 12.7. The number of anilines is 1. The Hall–Kier alpha value is -2.69. The van der Waals surface area contributed by atoms with E-state index in [9.17, 15) is 22.0 Å². The van der Waals surface area contributed by atoms with Gasteiger partial charge in [-0.3, -0.25) is 4.79 Å². The number of piperazine rings is 1. The molecule has 0 saturated carbocycles. The number of fused-ring (bicyclic) bond motifs is 1. The van der Waals surface area contributed by atoms with Gasteiger partial charge in [-0.05, 0) is 35.0 Å². The maximum absolute atomic E-state index is 13.1. The van der Waals surface area contributed by atoms with E-state index in [4.69, 9.17) is 0 Å². The third-order valence-electron chi connectivity index (χ3n) is 5.48. The van der Waals surface area contributed by atoms with E-state index < -0.39 is 15.8 Å². The fourth-order valence-electron chi connectivity index (χ4n) is 3.75. The van der Waals surface area contributed by atoms with Crippen molar-refractivity contribution in [2.45, 2.75) is 15.5 Å². The number of sulfonamides is 1. The predicted octanol–water partition coefficient (Wildman–Crippen LogP) is 4.10. The number of amides is 1. The molecule has 1 heterocycles. The summed E-state index contributed by atoms with van der Waals surface area (Å²) in [6, 6.07) is 19.2. The topological polar surface area (TPSA) is 69.7 Å². The molecule has 1 saturated heterocycles. The molecule has 1 fully saturated rings. The van der Waals surface area contributed by atoms with Crippen LogP contribution in [0.25, 0.3) is 10.8 Å². The van der Waals surface area contributed by atoms with E-state index in [0.717, 1.165) is 10.8 Å². The lowest BCUT2D eigenvalue weighted by atomic mass is 10.1. The van der Waals surface area contributed by atoms with Gasteiger partial charge in [-0.15, -0.1) is 0 Å². The Labute approximate surface area is 195 Å². The summed E-state index contributed by atoms with van der Waals surface area (Å²) in [4.78, 5) is 14.8. The fourth-order valence-corrected chi connectivity index (χ4v) is 5.82. The van der Waals surface area contributed by atoms with Gasteiger partial charge >= 0.3 is 0 Å². The second kappa shape index (κ2) is 10.1. The van der Waals surface area contributed by atoms with Crippen LogP contribution in [0.15, 0.2) is 76.5 Å². The van der Waals surface area contributed by atoms with Crippen LogP contribution < -0.4 is 5.32 Å². The number of hydrogen-bond acceptors (Lipinski definition) is 5. The van der Waals surface area contributed by atoms with Crippen molar-refractivity contribution < 1.29 is 22.0 Å². The first-order chi connectivity index (χ1) is 15.8. The molecule has 3 aromatic rings. The van der Waals surface area contributed by atoms with Gasteiger partial charge < -0.3 is 10.2 Å². The van der Waals surface area contributed by atoms with Crippen LogP contribution in [0.5, 0.6) is 0 Å². The Morgan fingerprint density at radius 2 is 1.61 bits per heavy atom. The van der Waals surface area contributed by atoms with Crippen LogP contribution in [0, 0.1) is 0 Å². The van der Waals surface area contributed by atoms with Gasteiger partial charge in [-0.2, -0.15) is 13.1 Å². The summed E-state index contributed by atoms with van der Waals surface area (Å²) in [5.41, 5.74) is 0.466. The van der Waals surface area contributed by atoms with Gasteiger partial charge in [0.15, 0.2) is 0 Å². The van der Waals surface area contributed by atoms with Crippen molar-refractivity contribution in [1.82, 2.24) is 9.21 Å². The number of nitrogens with zero attached hydrogens (tertiary/aromatic N) is 2. The second-order valence-corrected chi connectivity index (χ2v) is 10.5. The van der Waals surface area contributed by atoms with Crippen LogP contribution in [-0.4, -0.2) is 62.0 Å². The molecule has 4 rings (SSSR count). The first-order valence-electron chi connectivity index (χ1n) is 10.4. The molecule has 1 amide bonds. The summed E-state index contributed by atoms with van der Waals surface area (Å²) in [6.07, 6.45) is 0. The van der Waals surface area contributed by atoms with Gasteiger partial charge in [0.25, 0.3) is 5.76 Å².